The summed E-state index contributed by atoms with van der Waals surface area (Å²) < 4.78 is 32.5. The van der Waals surface area contributed by atoms with Crippen LogP contribution in [0.1, 0.15) is 16.7 Å². The first kappa shape index (κ1) is 21.2. The van der Waals surface area contributed by atoms with Crippen LogP contribution in [-0.2, 0) is 16.1 Å². The summed E-state index contributed by atoms with van der Waals surface area (Å²) in [5, 5.41) is 2.82. The Kier molecular flexibility index (Phi) is 5.73. The average Bonchev–Trinajstić information content (AvgIpc) is 3.01. The van der Waals surface area contributed by atoms with E-state index in [1.54, 1.807) is 24.3 Å². The van der Waals surface area contributed by atoms with E-state index in [9.17, 15) is 18.4 Å². The van der Waals surface area contributed by atoms with Crippen molar-refractivity contribution in [3.63, 3.8) is 0 Å². The van der Waals surface area contributed by atoms with Gasteiger partial charge in [0, 0.05) is 17.3 Å². The summed E-state index contributed by atoms with van der Waals surface area (Å²) in [6, 6.07) is 17.5. The van der Waals surface area contributed by atoms with Crippen molar-refractivity contribution in [2.24, 2.45) is 0 Å². The van der Waals surface area contributed by atoms with Gasteiger partial charge >= 0.3 is 0 Å². The molecule has 1 N–H and O–H groups in total. The number of carbonyl (C=O) groups is 2. The van der Waals surface area contributed by atoms with Crippen LogP contribution in [0.25, 0.3) is 5.57 Å². The quantitative estimate of drug-likeness (QED) is 0.573. The van der Waals surface area contributed by atoms with Gasteiger partial charge in [-0.1, -0.05) is 48.0 Å². The molecule has 4 rings (SSSR count). The molecule has 162 valence electrons. The molecule has 0 aromatic heterocycles. The number of nitrogens with one attached hydrogen (secondary N) is 1. The van der Waals surface area contributed by atoms with Gasteiger partial charge in [-0.15, -0.1) is 0 Å². The van der Waals surface area contributed by atoms with Crippen LogP contribution in [0.15, 0.2) is 72.4 Å². The Morgan fingerprint density at radius 1 is 0.906 bits per heavy atom. The Bertz CT molecular complexity index is 1240. The average molecular weight is 434 g/mol. The van der Waals surface area contributed by atoms with Gasteiger partial charge in [0.15, 0.2) is 11.6 Å². The molecule has 7 heteroatoms. The fraction of sp³-hybridized carbons (Fsp3) is 0.120. The van der Waals surface area contributed by atoms with Crippen molar-refractivity contribution in [1.29, 1.82) is 0 Å². The molecule has 0 unspecified atom stereocenters. The highest BCUT2D eigenvalue weighted by atomic mass is 19.2. The summed E-state index contributed by atoms with van der Waals surface area (Å²) in [5.41, 5.74) is 2.48. The number of benzene rings is 3. The van der Waals surface area contributed by atoms with E-state index in [4.69, 9.17) is 4.74 Å². The highest BCUT2D eigenvalue weighted by molar-refractivity contribution is 6.36. The SMILES string of the molecule is COc1ccccc1C1=C(Nc2ccc(F)c(F)c2)C(=O)N(Cc2ccc(C)cc2)C1=O. The van der Waals surface area contributed by atoms with Gasteiger partial charge < -0.3 is 10.1 Å². The maximum absolute atomic E-state index is 13.7. The molecule has 0 fully saturated rings. The molecule has 0 atom stereocenters. The zero-order chi connectivity index (χ0) is 22.8. The maximum atomic E-state index is 13.7. The highest BCUT2D eigenvalue weighted by Gasteiger charge is 2.40. The predicted molar refractivity (Wildman–Crippen MR) is 117 cm³/mol. The Morgan fingerprint density at radius 3 is 2.31 bits per heavy atom. The second kappa shape index (κ2) is 8.63. The van der Waals surface area contributed by atoms with Gasteiger partial charge in [-0.05, 0) is 30.7 Å². The number of rotatable bonds is 6. The topological polar surface area (TPSA) is 58.6 Å². The van der Waals surface area contributed by atoms with E-state index in [0.717, 1.165) is 28.2 Å². The molecule has 1 aliphatic heterocycles. The Morgan fingerprint density at radius 2 is 1.62 bits per heavy atom. The van der Waals surface area contributed by atoms with Crippen molar-refractivity contribution in [2.75, 3.05) is 12.4 Å². The lowest BCUT2D eigenvalue weighted by Gasteiger charge is -2.16. The smallest absolute Gasteiger partial charge is 0.278 e. The molecule has 0 aliphatic carbocycles. The van der Waals surface area contributed by atoms with Crippen molar-refractivity contribution in [2.45, 2.75) is 13.5 Å². The van der Waals surface area contributed by atoms with Gasteiger partial charge in [0.2, 0.25) is 0 Å². The summed E-state index contributed by atoms with van der Waals surface area (Å²) in [5.74, 6) is -2.75. The first-order valence-corrected chi connectivity index (χ1v) is 9.90. The fourth-order valence-electron chi connectivity index (χ4n) is 3.53. The zero-order valence-electron chi connectivity index (χ0n) is 17.5. The van der Waals surface area contributed by atoms with Crippen molar-refractivity contribution in [3.05, 3.63) is 101 Å². The van der Waals surface area contributed by atoms with Gasteiger partial charge in [0.25, 0.3) is 11.8 Å². The lowest BCUT2D eigenvalue weighted by atomic mass is 10.0. The van der Waals surface area contributed by atoms with Crippen molar-refractivity contribution >= 4 is 23.1 Å². The molecule has 32 heavy (non-hydrogen) atoms. The lowest BCUT2D eigenvalue weighted by molar-refractivity contribution is -0.137. The van der Waals surface area contributed by atoms with Crippen LogP contribution in [0.2, 0.25) is 0 Å². The third-order valence-electron chi connectivity index (χ3n) is 5.19. The number of imide groups is 1. The maximum Gasteiger partial charge on any atom is 0.278 e. The van der Waals surface area contributed by atoms with E-state index < -0.39 is 23.4 Å². The normalized spacial score (nSPS) is 13.7. The summed E-state index contributed by atoms with van der Waals surface area (Å²) in [4.78, 5) is 27.8. The standard InChI is InChI=1S/C25H20F2N2O3/c1-15-7-9-16(10-8-15)14-29-24(30)22(18-5-3-4-6-21(18)32-2)23(25(29)31)28-17-11-12-19(26)20(27)13-17/h3-13,28H,14H2,1-2H3. The molecule has 0 saturated carbocycles. The number of hydrogen-bond acceptors (Lipinski definition) is 4. The molecule has 1 aliphatic rings. The number of aryl methyl sites for hydroxylation is 1. The predicted octanol–water partition coefficient (Wildman–Crippen LogP) is 4.67. The molecule has 0 bridgehead atoms. The first-order chi connectivity index (χ1) is 15.4. The number of nitrogens with zero attached hydrogens (tertiary/aromatic N) is 1. The number of halogens is 2. The van der Waals surface area contributed by atoms with E-state index in [1.807, 2.05) is 31.2 Å². The summed E-state index contributed by atoms with van der Waals surface area (Å²) in [6.07, 6.45) is 0. The number of amides is 2. The van der Waals surface area contributed by atoms with E-state index in [-0.39, 0.29) is 23.5 Å². The molecular weight excluding hydrogens is 414 g/mol. The van der Waals surface area contributed by atoms with Crippen LogP contribution in [0.5, 0.6) is 5.75 Å². The van der Waals surface area contributed by atoms with Gasteiger partial charge in [0.05, 0.1) is 19.2 Å². The number of carbonyl (C=O) groups excluding carboxylic acids is 2. The second-order valence-electron chi connectivity index (χ2n) is 7.39. The van der Waals surface area contributed by atoms with Crippen LogP contribution in [0.3, 0.4) is 0 Å². The highest BCUT2D eigenvalue weighted by Crippen LogP contribution is 2.36. The van der Waals surface area contributed by atoms with E-state index in [2.05, 4.69) is 5.32 Å². The lowest BCUT2D eigenvalue weighted by Crippen LogP contribution is -2.32. The molecule has 3 aromatic carbocycles. The fourth-order valence-corrected chi connectivity index (χ4v) is 3.53. The third kappa shape index (κ3) is 3.97. The summed E-state index contributed by atoms with van der Waals surface area (Å²) >= 11 is 0. The van der Waals surface area contributed by atoms with Gasteiger partial charge in [0.1, 0.15) is 11.4 Å². The first-order valence-electron chi connectivity index (χ1n) is 9.90. The minimum atomic E-state index is -1.07. The van der Waals surface area contributed by atoms with Crippen LogP contribution in [-0.4, -0.2) is 23.8 Å². The minimum Gasteiger partial charge on any atom is -0.496 e. The monoisotopic (exact) mass is 434 g/mol. The van der Waals surface area contributed by atoms with Crippen LogP contribution >= 0.6 is 0 Å². The van der Waals surface area contributed by atoms with Crippen molar-refractivity contribution in [3.8, 4) is 5.75 Å². The Labute approximate surface area is 183 Å². The molecule has 0 saturated heterocycles. The van der Waals surface area contributed by atoms with E-state index in [0.29, 0.717) is 11.3 Å². The summed E-state index contributed by atoms with van der Waals surface area (Å²) in [7, 11) is 1.47. The zero-order valence-corrected chi connectivity index (χ0v) is 17.5. The second-order valence-corrected chi connectivity index (χ2v) is 7.39. The number of hydrogen-bond donors (Lipinski definition) is 1. The van der Waals surface area contributed by atoms with Crippen molar-refractivity contribution in [1.82, 2.24) is 4.90 Å². The minimum absolute atomic E-state index is 0.0300. The van der Waals surface area contributed by atoms with Crippen LogP contribution in [0, 0.1) is 18.6 Å². The molecule has 3 aromatic rings. The van der Waals surface area contributed by atoms with Gasteiger partial charge in [-0.2, -0.15) is 0 Å². The van der Waals surface area contributed by atoms with E-state index in [1.165, 1.54) is 13.2 Å². The third-order valence-corrected chi connectivity index (χ3v) is 5.19. The molecule has 5 nitrogen and oxygen atoms in total. The Balaban J connectivity index is 1.78. The largest absolute Gasteiger partial charge is 0.496 e. The number of ether oxygens (including phenoxy) is 1. The molecular formula is C25H20F2N2O3. The molecule has 2 amide bonds. The number of para-hydroxylation sites is 1. The van der Waals surface area contributed by atoms with Gasteiger partial charge in [-0.25, -0.2) is 8.78 Å². The molecule has 1 heterocycles. The van der Waals surface area contributed by atoms with Crippen molar-refractivity contribution < 1.29 is 23.1 Å². The number of anilines is 1. The summed E-state index contributed by atoms with van der Waals surface area (Å²) in [6.45, 7) is 2.01. The van der Waals surface area contributed by atoms with Crippen LogP contribution in [0.4, 0.5) is 14.5 Å². The Hall–Kier alpha value is -4.00. The molecule has 0 spiro atoms. The number of methoxy groups -OCH3 is 1. The van der Waals surface area contributed by atoms with Crippen LogP contribution < -0.4 is 10.1 Å². The van der Waals surface area contributed by atoms with E-state index >= 15 is 0 Å². The van der Waals surface area contributed by atoms with Gasteiger partial charge in [-0.3, -0.25) is 14.5 Å². The molecule has 0 radical (unpaired) electrons.